The monoisotopic (exact) mass is 454 g/mol. The second-order valence-electron chi connectivity index (χ2n) is 8.85. The topological polar surface area (TPSA) is 102 Å². The van der Waals surface area contributed by atoms with Crippen molar-refractivity contribution in [3.8, 4) is 17.3 Å². The highest BCUT2D eigenvalue weighted by Gasteiger charge is 2.60. The Morgan fingerprint density at radius 2 is 2.03 bits per heavy atom. The Bertz CT molecular complexity index is 986. The van der Waals surface area contributed by atoms with Gasteiger partial charge in [-0.25, -0.2) is 4.98 Å². The Hall–Kier alpha value is -2.69. The number of carbonyl (C=O) groups is 1. The Kier molecular flexibility index (Phi) is 5.43. The second kappa shape index (κ2) is 7.72. The van der Waals surface area contributed by atoms with Crippen LogP contribution in [-0.4, -0.2) is 63.1 Å². The molecule has 1 amide bonds. The number of halogens is 3. The number of carbonyl (C=O) groups excluding carboxylic acids is 1. The summed E-state index contributed by atoms with van der Waals surface area (Å²) in [7, 11) is 1.52. The highest BCUT2D eigenvalue weighted by atomic mass is 19.4. The Morgan fingerprint density at radius 3 is 2.56 bits per heavy atom. The number of rotatable bonds is 5. The third kappa shape index (κ3) is 3.72. The lowest BCUT2D eigenvalue weighted by Crippen LogP contribution is -2.58. The van der Waals surface area contributed by atoms with Crippen LogP contribution < -0.4 is 4.74 Å². The summed E-state index contributed by atoms with van der Waals surface area (Å²) in [4.78, 5) is 17.6. The van der Waals surface area contributed by atoms with E-state index in [1.54, 1.807) is 18.3 Å². The van der Waals surface area contributed by atoms with Crippen LogP contribution in [0.25, 0.3) is 11.5 Å². The molecule has 1 saturated heterocycles. The van der Waals surface area contributed by atoms with E-state index in [0.717, 1.165) is 17.7 Å². The number of methoxy groups -OCH3 is 1. The van der Waals surface area contributed by atoms with Gasteiger partial charge in [0.2, 0.25) is 23.3 Å². The van der Waals surface area contributed by atoms with Crippen LogP contribution in [0.4, 0.5) is 13.2 Å². The van der Waals surface area contributed by atoms with Crippen molar-refractivity contribution in [2.24, 2.45) is 11.8 Å². The number of likely N-dealkylation sites (tertiary alicyclic amines) is 1. The van der Waals surface area contributed by atoms with Gasteiger partial charge in [0, 0.05) is 25.4 Å². The van der Waals surface area contributed by atoms with Gasteiger partial charge in [-0.2, -0.15) is 13.2 Å². The van der Waals surface area contributed by atoms with Crippen molar-refractivity contribution in [2.75, 3.05) is 20.2 Å². The minimum Gasteiger partial charge on any atom is -0.481 e. The molecule has 2 aliphatic rings. The predicted molar refractivity (Wildman–Crippen MR) is 106 cm³/mol. The van der Waals surface area contributed by atoms with E-state index < -0.39 is 17.7 Å². The Morgan fingerprint density at radius 1 is 1.31 bits per heavy atom. The molecule has 2 aromatic heterocycles. The normalized spacial score (nSPS) is 24.7. The SMILES string of the molecule is COc1ccc(-c2nnc(C3([C@H]4CCN(C(=O)C(C)(O)C(F)(F)F)C[C@H]4C)CC3)o2)cn1. The molecule has 1 N–H and O–H groups in total. The number of hydrogen-bond donors (Lipinski definition) is 1. The molecule has 1 aliphatic heterocycles. The van der Waals surface area contributed by atoms with Crippen LogP contribution in [0.5, 0.6) is 5.88 Å². The maximum atomic E-state index is 13.1. The van der Waals surface area contributed by atoms with E-state index in [-0.39, 0.29) is 30.3 Å². The molecule has 174 valence electrons. The van der Waals surface area contributed by atoms with Crippen molar-refractivity contribution in [1.29, 1.82) is 0 Å². The summed E-state index contributed by atoms with van der Waals surface area (Å²) in [6.07, 6.45) is -1.30. The van der Waals surface area contributed by atoms with Crippen LogP contribution in [0, 0.1) is 11.8 Å². The fourth-order valence-corrected chi connectivity index (χ4v) is 4.63. The predicted octanol–water partition coefficient (Wildman–Crippen LogP) is 2.97. The lowest BCUT2D eigenvalue weighted by molar-refractivity contribution is -0.251. The smallest absolute Gasteiger partial charge is 0.426 e. The largest absolute Gasteiger partial charge is 0.481 e. The van der Waals surface area contributed by atoms with Gasteiger partial charge >= 0.3 is 6.18 Å². The van der Waals surface area contributed by atoms with Gasteiger partial charge in [-0.05, 0) is 44.1 Å². The molecule has 0 spiro atoms. The van der Waals surface area contributed by atoms with Gasteiger partial charge < -0.3 is 19.2 Å². The van der Waals surface area contributed by atoms with Gasteiger partial charge in [-0.3, -0.25) is 4.79 Å². The van der Waals surface area contributed by atoms with Crippen molar-refractivity contribution >= 4 is 5.91 Å². The summed E-state index contributed by atoms with van der Waals surface area (Å²) in [5.74, 6) is -0.0360. The molecule has 0 bridgehead atoms. The van der Waals surface area contributed by atoms with Crippen molar-refractivity contribution < 1.29 is 32.2 Å². The van der Waals surface area contributed by atoms with Crippen LogP contribution in [0.3, 0.4) is 0 Å². The summed E-state index contributed by atoms with van der Waals surface area (Å²) < 4.78 is 50.3. The summed E-state index contributed by atoms with van der Waals surface area (Å²) >= 11 is 0. The molecule has 1 unspecified atom stereocenters. The number of aliphatic hydroxyl groups is 1. The highest BCUT2D eigenvalue weighted by Crippen LogP contribution is 2.58. The number of ether oxygens (including phenoxy) is 1. The van der Waals surface area contributed by atoms with Crippen LogP contribution in [0.15, 0.2) is 22.7 Å². The van der Waals surface area contributed by atoms with Gasteiger partial charge in [-0.1, -0.05) is 6.92 Å². The van der Waals surface area contributed by atoms with Gasteiger partial charge in [-0.15, -0.1) is 10.2 Å². The third-order valence-corrected chi connectivity index (χ3v) is 6.70. The first-order valence-electron chi connectivity index (χ1n) is 10.4. The van der Waals surface area contributed by atoms with Crippen molar-refractivity contribution in [2.45, 2.75) is 50.3 Å². The van der Waals surface area contributed by atoms with Crippen LogP contribution in [-0.2, 0) is 10.2 Å². The van der Waals surface area contributed by atoms with Gasteiger partial charge in [0.25, 0.3) is 5.91 Å². The molecular weight excluding hydrogens is 429 g/mol. The van der Waals surface area contributed by atoms with Crippen molar-refractivity contribution in [1.82, 2.24) is 20.1 Å². The number of alkyl halides is 3. The quantitative estimate of drug-likeness (QED) is 0.741. The third-order valence-electron chi connectivity index (χ3n) is 6.70. The first-order valence-corrected chi connectivity index (χ1v) is 10.4. The standard InChI is InChI=1S/C21H25F3N4O4/c1-12-11-28(18(29)19(2,30)21(22,23)24)9-6-14(12)20(7-8-20)17-27-26-16(32-17)13-4-5-15(31-3)25-10-13/h4-5,10,12,14,30H,6-9,11H2,1-3H3/t12-,14+,19?/m1/s1. The summed E-state index contributed by atoms with van der Waals surface area (Å²) in [5, 5.41) is 18.2. The zero-order chi connectivity index (χ0) is 23.3. The molecule has 3 heterocycles. The summed E-state index contributed by atoms with van der Waals surface area (Å²) in [6.45, 7) is 2.66. The molecule has 0 aromatic carbocycles. The van der Waals surface area contributed by atoms with E-state index >= 15 is 0 Å². The van der Waals surface area contributed by atoms with Crippen LogP contribution in [0.2, 0.25) is 0 Å². The molecular formula is C21H25F3N4O4. The average molecular weight is 454 g/mol. The molecule has 0 radical (unpaired) electrons. The number of aromatic nitrogens is 3. The number of amides is 1. The van der Waals surface area contributed by atoms with Crippen LogP contribution >= 0.6 is 0 Å². The highest BCUT2D eigenvalue weighted by molar-refractivity contribution is 5.85. The summed E-state index contributed by atoms with van der Waals surface area (Å²) in [5.41, 5.74) is -3.08. The van der Waals surface area contributed by atoms with Crippen LogP contribution in [0.1, 0.15) is 39.0 Å². The van der Waals surface area contributed by atoms with E-state index in [1.807, 2.05) is 6.92 Å². The first kappa shape index (κ1) is 22.5. The molecule has 11 heteroatoms. The minimum absolute atomic E-state index is 0.0738. The lowest BCUT2D eigenvalue weighted by Gasteiger charge is -2.42. The molecule has 32 heavy (non-hydrogen) atoms. The fourth-order valence-electron chi connectivity index (χ4n) is 4.63. The molecule has 8 nitrogen and oxygen atoms in total. The van der Waals surface area contributed by atoms with E-state index in [9.17, 15) is 23.1 Å². The van der Waals surface area contributed by atoms with Crippen molar-refractivity contribution in [3.63, 3.8) is 0 Å². The molecule has 2 fully saturated rings. The molecule has 2 aromatic rings. The number of hydrogen-bond acceptors (Lipinski definition) is 7. The molecule has 1 saturated carbocycles. The Labute approximate surface area is 182 Å². The number of piperidine rings is 1. The lowest BCUT2D eigenvalue weighted by atomic mass is 9.74. The number of pyridine rings is 1. The first-order chi connectivity index (χ1) is 15.0. The molecule has 1 aliphatic carbocycles. The maximum absolute atomic E-state index is 13.1. The Balaban J connectivity index is 1.48. The second-order valence-corrected chi connectivity index (χ2v) is 8.85. The molecule has 3 atom stereocenters. The van der Waals surface area contributed by atoms with E-state index in [2.05, 4.69) is 15.2 Å². The zero-order valence-electron chi connectivity index (χ0n) is 18.0. The van der Waals surface area contributed by atoms with Gasteiger partial charge in [0.1, 0.15) is 0 Å². The molecule has 4 rings (SSSR count). The fraction of sp³-hybridized carbons (Fsp3) is 0.619. The zero-order valence-corrected chi connectivity index (χ0v) is 18.0. The number of nitrogens with zero attached hydrogens (tertiary/aromatic N) is 4. The maximum Gasteiger partial charge on any atom is 0.426 e. The van der Waals surface area contributed by atoms with Gasteiger partial charge in [0.05, 0.1) is 18.1 Å². The van der Waals surface area contributed by atoms with Crippen molar-refractivity contribution in [3.05, 3.63) is 24.2 Å². The van der Waals surface area contributed by atoms with E-state index in [4.69, 9.17) is 9.15 Å². The van der Waals surface area contributed by atoms with E-state index in [1.165, 1.54) is 7.11 Å². The van der Waals surface area contributed by atoms with Gasteiger partial charge in [0.15, 0.2) is 0 Å². The average Bonchev–Trinajstić information content (AvgIpc) is 3.40. The minimum atomic E-state index is -5.03. The van der Waals surface area contributed by atoms with E-state index in [0.29, 0.717) is 36.6 Å². The summed E-state index contributed by atoms with van der Waals surface area (Å²) in [6, 6.07) is 3.46.